The Hall–Kier alpha value is -1.26. The van der Waals surface area contributed by atoms with Crippen molar-refractivity contribution in [1.29, 1.82) is 0 Å². The summed E-state index contributed by atoms with van der Waals surface area (Å²) in [6.45, 7) is 11.0. The monoisotopic (exact) mass is 279 g/mol. The van der Waals surface area contributed by atoms with Crippen molar-refractivity contribution >= 4 is 5.69 Å². The van der Waals surface area contributed by atoms with E-state index >= 15 is 0 Å². The van der Waals surface area contributed by atoms with Gasteiger partial charge in [-0.2, -0.15) is 0 Å². The lowest BCUT2D eigenvalue weighted by Crippen LogP contribution is -2.36. The van der Waals surface area contributed by atoms with Crippen LogP contribution in [0, 0.1) is 0 Å². The Morgan fingerprint density at radius 2 is 2.00 bits per heavy atom. The number of nitrogens with two attached hydrogens (primary N) is 1. The molecular formula is C16H29N3O. The fraction of sp³-hybridized carbons (Fsp3) is 0.625. The van der Waals surface area contributed by atoms with Gasteiger partial charge in [0.25, 0.3) is 0 Å². The van der Waals surface area contributed by atoms with Gasteiger partial charge >= 0.3 is 0 Å². The largest absolute Gasteiger partial charge is 0.495 e. The smallest absolute Gasteiger partial charge is 0.141 e. The zero-order valence-corrected chi connectivity index (χ0v) is 13.3. The standard InChI is InChI=1S/C16H29N3O/c1-5-19(6-2)10-9-18-13(3)11-14-7-8-16(20-4)15(17)12-14/h7-8,12-13,18H,5-6,9-11,17H2,1-4H3. The second-order valence-corrected chi connectivity index (χ2v) is 5.16. The molecule has 0 amide bonds. The molecule has 0 bridgehead atoms. The molecule has 0 fully saturated rings. The van der Waals surface area contributed by atoms with Crippen LogP contribution in [0.15, 0.2) is 18.2 Å². The van der Waals surface area contributed by atoms with Crippen molar-refractivity contribution in [1.82, 2.24) is 10.2 Å². The molecule has 0 spiro atoms. The van der Waals surface area contributed by atoms with Gasteiger partial charge in [0.1, 0.15) is 5.75 Å². The van der Waals surface area contributed by atoms with E-state index in [0.29, 0.717) is 11.7 Å². The van der Waals surface area contributed by atoms with Crippen molar-refractivity contribution in [2.45, 2.75) is 33.2 Å². The molecule has 0 saturated carbocycles. The molecule has 4 heteroatoms. The van der Waals surface area contributed by atoms with E-state index in [4.69, 9.17) is 10.5 Å². The van der Waals surface area contributed by atoms with Gasteiger partial charge in [0.15, 0.2) is 0 Å². The first kappa shape index (κ1) is 16.8. The molecule has 3 N–H and O–H groups in total. The second kappa shape index (κ2) is 8.82. The van der Waals surface area contributed by atoms with E-state index < -0.39 is 0 Å². The summed E-state index contributed by atoms with van der Waals surface area (Å²) in [5.74, 6) is 0.746. The minimum absolute atomic E-state index is 0.443. The maximum absolute atomic E-state index is 5.93. The van der Waals surface area contributed by atoms with Crippen molar-refractivity contribution in [3.8, 4) is 5.75 Å². The predicted octanol–water partition coefficient (Wildman–Crippen LogP) is 2.14. The van der Waals surface area contributed by atoms with E-state index in [9.17, 15) is 0 Å². The fourth-order valence-corrected chi connectivity index (χ4v) is 2.35. The maximum atomic E-state index is 5.93. The second-order valence-electron chi connectivity index (χ2n) is 5.16. The Morgan fingerprint density at radius 3 is 2.55 bits per heavy atom. The molecule has 114 valence electrons. The summed E-state index contributed by atoms with van der Waals surface area (Å²) >= 11 is 0. The molecule has 1 unspecified atom stereocenters. The predicted molar refractivity (Wildman–Crippen MR) is 86.4 cm³/mol. The lowest BCUT2D eigenvalue weighted by atomic mass is 10.1. The fourth-order valence-electron chi connectivity index (χ4n) is 2.35. The lowest BCUT2D eigenvalue weighted by molar-refractivity contribution is 0.297. The van der Waals surface area contributed by atoms with Gasteiger partial charge in [-0.3, -0.25) is 0 Å². The number of anilines is 1. The number of benzene rings is 1. The lowest BCUT2D eigenvalue weighted by Gasteiger charge is -2.20. The zero-order chi connectivity index (χ0) is 15.0. The van der Waals surface area contributed by atoms with Gasteiger partial charge in [-0.1, -0.05) is 19.9 Å². The number of nitrogen functional groups attached to an aromatic ring is 1. The van der Waals surface area contributed by atoms with E-state index in [2.05, 4.69) is 37.1 Å². The average molecular weight is 279 g/mol. The summed E-state index contributed by atoms with van der Waals surface area (Å²) < 4.78 is 5.17. The van der Waals surface area contributed by atoms with Crippen molar-refractivity contribution in [3.05, 3.63) is 23.8 Å². The quantitative estimate of drug-likeness (QED) is 0.680. The van der Waals surface area contributed by atoms with Crippen molar-refractivity contribution in [3.63, 3.8) is 0 Å². The van der Waals surface area contributed by atoms with Crippen molar-refractivity contribution < 1.29 is 4.74 Å². The normalized spacial score (nSPS) is 12.7. The maximum Gasteiger partial charge on any atom is 0.141 e. The SMILES string of the molecule is CCN(CC)CCNC(C)Cc1ccc(OC)c(N)c1. The first-order chi connectivity index (χ1) is 9.60. The van der Waals surface area contributed by atoms with Gasteiger partial charge in [0.05, 0.1) is 12.8 Å². The van der Waals surface area contributed by atoms with Crippen LogP contribution in [0.3, 0.4) is 0 Å². The van der Waals surface area contributed by atoms with E-state index in [0.717, 1.165) is 38.3 Å². The minimum Gasteiger partial charge on any atom is -0.495 e. The summed E-state index contributed by atoms with van der Waals surface area (Å²) in [7, 11) is 1.64. The minimum atomic E-state index is 0.443. The van der Waals surface area contributed by atoms with Gasteiger partial charge < -0.3 is 20.7 Å². The molecule has 1 rings (SSSR count). The highest BCUT2D eigenvalue weighted by atomic mass is 16.5. The van der Waals surface area contributed by atoms with Gasteiger partial charge in [0.2, 0.25) is 0 Å². The van der Waals surface area contributed by atoms with Crippen LogP contribution in [0.1, 0.15) is 26.3 Å². The number of rotatable bonds is 9. The molecule has 0 aliphatic heterocycles. The molecule has 0 heterocycles. The first-order valence-corrected chi connectivity index (χ1v) is 7.48. The molecule has 20 heavy (non-hydrogen) atoms. The molecule has 0 aliphatic rings. The highest BCUT2D eigenvalue weighted by molar-refractivity contribution is 5.54. The zero-order valence-electron chi connectivity index (χ0n) is 13.3. The van der Waals surface area contributed by atoms with Gasteiger partial charge in [0, 0.05) is 19.1 Å². The Kier molecular flexibility index (Phi) is 7.41. The first-order valence-electron chi connectivity index (χ1n) is 7.48. The summed E-state index contributed by atoms with van der Waals surface area (Å²) in [5.41, 5.74) is 7.88. The van der Waals surface area contributed by atoms with E-state index in [1.54, 1.807) is 7.11 Å². The molecule has 1 atom stereocenters. The van der Waals surface area contributed by atoms with Crippen LogP contribution in [0.4, 0.5) is 5.69 Å². The van der Waals surface area contributed by atoms with E-state index in [1.807, 2.05) is 12.1 Å². The number of hydrogen-bond acceptors (Lipinski definition) is 4. The summed E-state index contributed by atoms with van der Waals surface area (Å²) in [4.78, 5) is 2.42. The van der Waals surface area contributed by atoms with Crippen LogP contribution in [0.5, 0.6) is 5.75 Å². The molecular weight excluding hydrogens is 250 g/mol. The van der Waals surface area contributed by atoms with Crippen LogP contribution in [-0.4, -0.2) is 44.2 Å². The Bertz CT molecular complexity index is 391. The average Bonchev–Trinajstić information content (AvgIpc) is 2.44. The van der Waals surface area contributed by atoms with E-state index in [-0.39, 0.29) is 0 Å². The topological polar surface area (TPSA) is 50.5 Å². The van der Waals surface area contributed by atoms with Gasteiger partial charge in [-0.05, 0) is 44.1 Å². The third-order valence-corrected chi connectivity index (χ3v) is 3.65. The molecule has 0 radical (unpaired) electrons. The van der Waals surface area contributed by atoms with Gasteiger partial charge in [-0.25, -0.2) is 0 Å². The van der Waals surface area contributed by atoms with Crippen LogP contribution < -0.4 is 15.8 Å². The summed E-state index contributed by atoms with van der Waals surface area (Å²) in [6, 6.07) is 6.46. The summed E-state index contributed by atoms with van der Waals surface area (Å²) in [6.07, 6.45) is 0.979. The van der Waals surface area contributed by atoms with Crippen LogP contribution >= 0.6 is 0 Å². The Morgan fingerprint density at radius 1 is 1.30 bits per heavy atom. The molecule has 0 aromatic heterocycles. The number of nitrogens with one attached hydrogen (secondary N) is 1. The van der Waals surface area contributed by atoms with Crippen molar-refractivity contribution in [2.75, 3.05) is 39.0 Å². The number of ether oxygens (including phenoxy) is 1. The Balaban J connectivity index is 2.38. The number of methoxy groups -OCH3 is 1. The van der Waals surface area contributed by atoms with Gasteiger partial charge in [-0.15, -0.1) is 0 Å². The van der Waals surface area contributed by atoms with Crippen molar-refractivity contribution in [2.24, 2.45) is 0 Å². The Labute approximate surface area is 123 Å². The van der Waals surface area contributed by atoms with Crippen LogP contribution in [0.2, 0.25) is 0 Å². The molecule has 0 aliphatic carbocycles. The third kappa shape index (κ3) is 5.39. The number of nitrogens with zero attached hydrogens (tertiary/aromatic N) is 1. The van der Waals surface area contributed by atoms with Crippen LogP contribution in [-0.2, 0) is 6.42 Å². The molecule has 1 aromatic rings. The highest BCUT2D eigenvalue weighted by Crippen LogP contribution is 2.22. The number of hydrogen-bond donors (Lipinski definition) is 2. The summed E-state index contributed by atoms with van der Waals surface area (Å²) in [5, 5.41) is 3.56. The highest BCUT2D eigenvalue weighted by Gasteiger charge is 2.06. The molecule has 1 aromatic carbocycles. The molecule has 4 nitrogen and oxygen atoms in total. The molecule has 0 saturated heterocycles. The van der Waals surface area contributed by atoms with Crippen LogP contribution in [0.25, 0.3) is 0 Å². The third-order valence-electron chi connectivity index (χ3n) is 3.65. The van der Waals surface area contributed by atoms with E-state index in [1.165, 1.54) is 5.56 Å². The number of likely N-dealkylation sites (N-methyl/N-ethyl adjacent to an activating group) is 1.